The minimum Gasteiger partial charge on any atom is -0.490 e. The number of rotatable bonds is 8. The van der Waals surface area contributed by atoms with Crippen molar-refractivity contribution in [2.24, 2.45) is 0 Å². The van der Waals surface area contributed by atoms with Crippen molar-refractivity contribution in [1.29, 1.82) is 0 Å². The van der Waals surface area contributed by atoms with E-state index in [1.165, 1.54) is 25.3 Å². The fraction of sp³-hybridized carbons (Fsp3) is 0.296. The van der Waals surface area contributed by atoms with Crippen LogP contribution in [0.4, 0.5) is 14.9 Å². The number of hydrogen-bond acceptors (Lipinski definition) is 6. The van der Waals surface area contributed by atoms with Gasteiger partial charge in [-0.15, -0.1) is 0 Å². The SMILES string of the molecule is CC(=O)OCc1ccc(NC(=O)N2CCC(Oc3ccc(OCc4cccc(F)c4)cc3)CC2)cn1. The zero-order valence-corrected chi connectivity index (χ0v) is 20.0. The predicted molar refractivity (Wildman–Crippen MR) is 131 cm³/mol. The van der Waals surface area contributed by atoms with Gasteiger partial charge in [0.15, 0.2) is 0 Å². The minimum atomic E-state index is -0.370. The maximum absolute atomic E-state index is 13.3. The molecule has 2 heterocycles. The first-order valence-corrected chi connectivity index (χ1v) is 11.7. The van der Waals surface area contributed by atoms with Gasteiger partial charge in [-0.25, -0.2) is 9.18 Å². The lowest BCUT2D eigenvalue weighted by molar-refractivity contribution is -0.142. The molecule has 1 aliphatic heterocycles. The van der Waals surface area contributed by atoms with Crippen LogP contribution in [0.15, 0.2) is 66.9 Å². The summed E-state index contributed by atoms with van der Waals surface area (Å²) < 4.78 is 30.0. The Hall–Kier alpha value is -4.14. The number of urea groups is 1. The quantitative estimate of drug-likeness (QED) is 0.447. The maximum atomic E-state index is 13.3. The van der Waals surface area contributed by atoms with E-state index in [0.717, 1.165) is 11.3 Å². The molecule has 0 aliphatic carbocycles. The minimum absolute atomic E-state index is 0.00957. The van der Waals surface area contributed by atoms with Gasteiger partial charge in [0.25, 0.3) is 0 Å². The summed E-state index contributed by atoms with van der Waals surface area (Å²) in [6.45, 7) is 2.87. The summed E-state index contributed by atoms with van der Waals surface area (Å²) in [5.41, 5.74) is 1.94. The molecule has 0 saturated carbocycles. The number of carbonyl (C=O) groups is 2. The number of ether oxygens (including phenoxy) is 3. The van der Waals surface area contributed by atoms with E-state index in [-0.39, 0.29) is 37.1 Å². The number of benzene rings is 2. The number of hydrogen-bond donors (Lipinski definition) is 1. The number of halogens is 1. The topological polar surface area (TPSA) is 90.0 Å². The Kier molecular flexibility index (Phi) is 8.33. The van der Waals surface area contributed by atoms with Gasteiger partial charge in [-0.2, -0.15) is 0 Å². The van der Waals surface area contributed by atoms with Crippen LogP contribution in [0.5, 0.6) is 11.5 Å². The third-order valence-electron chi connectivity index (χ3n) is 5.65. The lowest BCUT2D eigenvalue weighted by atomic mass is 10.1. The summed E-state index contributed by atoms with van der Waals surface area (Å²) in [5.74, 6) is 0.750. The van der Waals surface area contributed by atoms with Gasteiger partial charge in [0.05, 0.1) is 17.6 Å². The molecule has 9 heteroatoms. The highest BCUT2D eigenvalue weighted by Crippen LogP contribution is 2.23. The fourth-order valence-electron chi connectivity index (χ4n) is 3.74. The molecule has 3 aromatic rings. The van der Waals surface area contributed by atoms with Crippen molar-refractivity contribution in [3.05, 3.63) is 83.9 Å². The predicted octanol–water partition coefficient (Wildman–Crippen LogP) is 4.94. The maximum Gasteiger partial charge on any atom is 0.321 e. The number of carbonyl (C=O) groups excluding carboxylic acids is 2. The zero-order valence-electron chi connectivity index (χ0n) is 20.0. The molecule has 1 aliphatic rings. The second-order valence-electron chi connectivity index (χ2n) is 8.44. The van der Waals surface area contributed by atoms with Crippen molar-refractivity contribution in [3.63, 3.8) is 0 Å². The summed E-state index contributed by atoms with van der Waals surface area (Å²) >= 11 is 0. The Morgan fingerprint density at radius 1 is 1.03 bits per heavy atom. The Labute approximate surface area is 209 Å². The molecule has 4 rings (SSSR count). The van der Waals surface area contributed by atoms with Gasteiger partial charge in [-0.3, -0.25) is 9.78 Å². The molecule has 0 atom stereocenters. The molecule has 1 saturated heterocycles. The molecule has 0 radical (unpaired) electrons. The summed E-state index contributed by atoms with van der Waals surface area (Å²) in [6.07, 6.45) is 2.98. The molecule has 2 aromatic carbocycles. The molecule has 8 nitrogen and oxygen atoms in total. The van der Waals surface area contributed by atoms with Crippen LogP contribution < -0.4 is 14.8 Å². The van der Waals surface area contributed by atoms with E-state index in [4.69, 9.17) is 14.2 Å². The molecule has 1 N–H and O–H groups in total. The van der Waals surface area contributed by atoms with Gasteiger partial charge in [0.2, 0.25) is 0 Å². The molecule has 1 aromatic heterocycles. The second kappa shape index (κ2) is 12.0. The van der Waals surface area contributed by atoms with E-state index < -0.39 is 0 Å². The molecule has 188 valence electrons. The average molecular weight is 494 g/mol. The van der Waals surface area contributed by atoms with Crippen LogP contribution >= 0.6 is 0 Å². The third kappa shape index (κ3) is 7.43. The molecule has 2 amide bonds. The Morgan fingerprint density at radius 2 is 1.78 bits per heavy atom. The van der Waals surface area contributed by atoms with Crippen LogP contribution in [0.3, 0.4) is 0 Å². The van der Waals surface area contributed by atoms with Gasteiger partial charge in [-0.05, 0) is 54.1 Å². The summed E-state index contributed by atoms with van der Waals surface area (Å²) in [6, 6.07) is 16.9. The van der Waals surface area contributed by atoms with Crippen molar-refractivity contribution in [2.75, 3.05) is 18.4 Å². The monoisotopic (exact) mass is 493 g/mol. The fourth-order valence-corrected chi connectivity index (χ4v) is 3.74. The Balaban J connectivity index is 1.19. The van der Waals surface area contributed by atoms with Crippen LogP contribution in [0, 0.1) is 5.82 Å². The van der Waals surface area contributed by atoms with Crippen LogP contribution in [0.25, 0.3) is 0 Å². The van der Waals surface area contributed by atoms with Gasteiger partial charge < -0.3 is 24.4 Å². The van der Waals surface area contributed by atoms with Crippen LogP contribution in [-0.4, -0.2) is 41.1 Å². The van der Waals surface area contributed by atoms with Gasteiger partial charge >= 0.3 is 12.0 Å². The van der Waals surface area contributed by atoms with Gasteiger partial charge in [0, 0.05) is 32.9 Å². The highest BCUT2D eigenvalue weighted by atomic mass is 19.1. The number of esters is 1. The molecule has 36 heavy (non-hydrogen) atoms. The number of nitrogens with zero attached hydrogens (tertiary/aromatic N) is 2. The Bertz CT molecular complexity index is 1160. The number of amides is 2. The van der Waals surface area contributed by atoms with Crippen molar-refractivity contribution >= 4 is 17.7 Å². The molecule has 0 bridgehead atoms. The smallest absolute Gasteiger partial charge is 0.321 e. The summed E-state index contributed by atoms with van der Waals surface area (Å²) in [4.78, 5) is 29.4. The number of piperidine rings is 1. The van der Waals surface area contributed by atoms with E-state index in [2.05, 4.69) is 10.3 Å². The number of anilines is 1. The highest BCUT2D eigenvalue weighted by molar-refractivity contribution is 5.89. The van der Waals surface area contributed by atoms with Crippen molar-refractivity contribution in [1.82, 2.24) is 9.88 Å². The largest absolute Gasteiger partial charge is 0.490 e. The average Bonchev–Trinajstić information content (AvgIpc) is 2.88. The van der Waals surface area contributed by atoms with E-state index in [9.17, 15) is 14.0 Å². The Morgan fingerprint density at radius 3 is 2.44 bits per heavy atom. The van der Waals surface area contributed by atoms with Crippen LogP contribution in [0.2, 0.25) is 0 Å². The van der Waals surface area contributed by atoms with E-state index in [1.807, 2.05) is 30.3 Å². The highest BCUT2D eigenvalue weighted by Gasteiger charge is 2.24. The summed E-state index contributed by atoms with van der Waals surface area (Å²) in [7, 11) is 0. The van der Waals surface area contributed by atoms with Crippen molar-refractivity contribution in [2.45, 2.75) is 39.1 Å². The lowest BCUT2D eigenvalue weighted by Gasteiger charge is -2.32. The number of pyridine rings is 1. The van der Waals surface area contributed by atoms with Crippen molar-refractivity contribution < 1.29 is 28.2 Å². The first-order valence-electron chi connectivity index (χ1n) is 11.7. The van der Waals surface area contributed by atoms with E-state index in [0.29, 0.717) is 43.1 Å². The van der Waals surface area contributed by atoms with E-state index >= 15 is 0 Å². The molecular weight excluding hydrogens is 465 g/mol. The van der Waals surface area contributed by atoms with Gasteiger partial charge in [-0.1, -0.05) is 12.1 Å². The standard InChI is InChI=1S/C27H28FN3O5/c1-19(32)34-18-23-6-5-22(16-29-23)30-27(33)31-13-11-26(12-14-31)36-25-9-7-24(8-10-25)35-17-20-3-2-4-21(28)15-20/h2-10,15-16,26H,11-14,17-18H2,1H3,(H,30,33). The molecule has 0 unspecified atom stereocenters. The molecule has 0 spiro atoms. The second-order valence-corrected chi connectivity index (χ2v) is 8.44. The van der Waals surface area contributed by atoms with Crippen LogP contribution in [0.1, 0.15) is 31.0 Å². The lowest BCUT2D eigenvalue weighted by Crippen LogP contribution is -2.43. The molecule has 1 fully saturated rings. The summed E-state index contributed by atoms with van der Waals surface area (Å²) in [5, 5.41) is 2.84. The van der Waals surface area contributed by atoms with Crippen LogP contribution in [-0.2, 0) is 22.7 Å². The van der Waals surface area contributed by atoms with E-state index in [1.54, 1.807) is 23.1 Å². The number of aromatic nitrogens is 1. The third-order valence-corrected chi connectivity index (χ3v) is 5.65. The van der Waals surface area contributed by atoms with Gasteiger partial charge in [0.1, 0.15) is 36.6 Å². The first kappa shape index (κ1) is 25.0. The normalized spacial score (nSPS) is 13.7. The molecular formula is C27H28FN3O5. The van der Waals surface area contributed by atoms with Crippen molar-refractivity contribution in [3.8, 4) is 11.5 Å². The zero-order chi connectivity index (χ0) is 25.3. The number of likely N-dealkylation sites (tertiary alicyclic amines) is 1. The number of nitrogens with one attached hydrogen (secondary N) is 1. The first-order chi connectivity index (χ1) is 17.4.